The first-order valence-electron chi connectivity index (χ1n) is 11.0. The summed E-state index contributed by atoms with van der Waals surface area (Å²) in [5.41, 5.74) is 1.14. The van der Waals surface area contributed by atoms with Gasteiger partial charge in [0.25, 0.3) is 0 Å². The van der Waals surface area contributed by atoms with Crippen molar-refractivity contribution in [2.24, 2.45) is 0 Å². The summed E-state index contributed by atoms with van der Waals surface area (Å²) in [6.07, 6.45) is 2.25. The summed E-state index contributed by atoms with van der Waals surface area (Å²) in [6.45, 7) is 5.21. The van der Waals surface area contributed by atoms with E-state index in [0.717, 1.165) is 22.5 Å². The minimum Gasteiger partial charge on any atom is -0.352 e. The van der Waals surface area contributed by atoms with Gasteiger partial charge in [-0.25, -0.2) is 8.42 Å². The van der Waals surface area contributed by atoms with E-state index in [-0.39, 0.29) is 29.2 Å². The lowest BCUT2D eigenvalue weighted by Crippen LogP contribution is -2.53. The van der Waals surface area contributed by atoms with Crippen LogP contribution in [0.25, 0.3) is 0 Å². The van der Waals surface area contributed by atoms with Crippen molar-refractivity contribution in [3.05, 3.63) is 64.1 Å². The summed E-state index contributed by atoms with van der Waals surface area (Å²) in [7, 11) is -3.86. The fourth-order valence-electron chi connectivity index (χ4n) is 3.31. The fraction of sp³-hybridized carbons (Fsp3) is 0.417. The molecule has 2 aromatic carbocycles. The van der Waals surface area contributed by atoms with Crippen LogP contribution < -0.4 is 9.62 Å². The molecule has 0 aliphatic carbocycles. The van der Waals surface area contributed by atoms with Crippen molar-refractivity contribution >= 4 is 50.7 Å². The van der Waals surface area contributed by atoms with Crippen LogP contribution in [0.3, 0.4) is 0 Å². The number of nitrogens with zero attached hydrogens (tertiary/aromatic N) is 2. The van der Waals surface area contributed by atoms with Crippen molar-refractivity contribution < 1.29 is 18.0 Å². The van der Waals surface area contributed by atoms with Crippen LogP contribution in [0.1, 0.15) is 32.8 Å². The normalized spacial score (nSPS) is 13.1. The van der Waals surface area contributed by atoms with E-state index in [1.165, 1.54) is 23.1 Å². The monoisotopic (exact) mass is 527 g/mol. The quantitative estimate of drug-likeness (QED) is 0.475. The Balaban J connectivity index is 2.34. The molecule has 2 rings (SSSR count). The topological polar surface area (TPSA) is 86.8 Å². The van der Waals surface area contributed by atoms with E-state index < -0.39 is 28.5 Å². The van der Waals surface area contributed by atoms with Gasteiger partial charge in [0, 0.05) is 17.6 Å². The molecule has 186 valence electrons. The minimum atomic E-state index is -3.86. The molecule has 0 radical (unpaired) electrons. The summed E-state index contributed by atoms with van der Waals surface area (Å²) < 4.78 is 26.1. The maximum atomic E-state index is 13.4. The first-order valence-corrected chi connectivity index (χ1v) is 13.6. The molecule has 10 heteroatoms. The van der Waals surface area contributed by atoms with Gasteiger partial charge in [0.1, 0.15) is 12.6 Å². The lowest BCUT2D eigenvalue weighted by molar-refractivity contribution is -0.139. The molecule has 0 aliphatic heterocycles. The van der Waals surface area contributed by atoms with E-state index in [2.05, 4.69) is 5.32 Å². The van der Waals surface area contributed by atoms with Crippen LogP contribution in [-0.4, -0.2) is 56.6 Å². The van der Waals surface area contributed by atoms with Gasteiger partial charge in [-0.1, -0.05) is 60.5 Å². The third kappa shape index (κ3) is 7.89. The van der Waals surface area contributed by atoms with Crippen molar-refractivity contribution in [2.45, 2.75) is 45.7 Å². The zero-order valence-electron chi connectivity index (χ0n) is 19.8. The summed E-state index contributed by atoms with van der Waals surface area (Å²) in [5.74, 6) is -0.814. The Bertz CT molecular complexity index is 1100. The van der Waals surface area contributed by atoms with Gasteiger partial charge in [-0.05, 0) is 50.5 Å². The van der Waals surface area contributed by atoms with Crippen LogP contribution in [-0.2, 0) is 26.0 Å². The maximum Gasteiger partial charge on any atom is 0.244 e. The molecule has 0 saturated carbocycles. The second kappa shape index (κ2) is 12.4. The summed E-state index contributed by atoms with van der Waals surface area (Å²) in [6, 6.07) is 13.1. The van der Waals surface area contributed by atoms with Crippen molar-refractivity contribution in [3.8, 4) is 0 Å². The molecule has 0 fully saturated rings. The number of rotatable bonds is 11. The Morgan fingerprint density at radius 1 is 1.06 bits per heavy atom. The molecule has 2 atom stereocenters. The number of sulfonamides is 1. The number of carbonyl (C=O) groups is 2. The highest BCUT2D eigenvalue weighted by atomic mass is 35.5. The Labute approximate surface area is 212 Å². The summed E-state index contributed by atoms with van der Waals surface area (Å²) in [5, 5.41) is 3.34. The lowest BCUT2D eigenvalue weighted by atomic mass is 10.1. The Morgan fingerprint density at radius 3 is 2.26 bits per heavy atom. The number of carbonyl (C=O) groups excluding carboxylic acids is 2. The highest BCUT2D eigenvalue weighted by Gasteiger charge is 2.30. The maximum absolute atomic E-state index is 13.4. The molecule has 2 aromatic rings. The smallest absolute Gasteiger partial charge is 0.244 e. The van der Waals surface area contributed by atoms with Gasteiger partial charge in [0.2, 0.25) is 21.8 Å². The Kier molecular flexibility index (Phi) is 10.2. The van der Waals surface area contributed by atoms with Crippen LogP contribution in [0.2, 0.25) is 10.0 Å². The van der Waals surface area contributed by atoms with Crippen LogP contribution in [0, 0.1) is 0 Å². The van der Waals surface area contributed by atoms with Crippen LogP contribution in [0.5, 0.6) is 0 Å². The number of halogens is 2. The molecule has 2 unspecified atom stereocenters. The number of hydrogen-bond acceptors (Lipinski definition) is 4. The molecular formula is C24H31Cl2N3O4S. The van der Waals surface area contributed by atoms with Gasteiger partial charge in [0.15, 0.2) is 0 Å². The average molecular weight is 529 g/mol. The van der Waals surface area contributed by atoms with Crippen LogP contribution in [0.15, 0.2) is 48.5 Å². The number of anilines is 1. The zero-order valence-corrected chi connectivity index (χ0v) is 22.1. The molecule has 2 amide bonds. The molecule has 0 saturated heterocycles. The standard InChI is InChI=1S/C24H31Cl2N3O4S/c1-5-17(2)27-24(31)18(3)28(14-13-19-9-7-6-8-10-19)23(30)16-29(34(4,32)33)22-12-11-20(25)15-21(22)26/h6-12,15,17-18H,5,13-14,16H2,1-4H3,(H,27,31). The second-order valence-corrected chi connectivity index (χ2v) is 10.9. The summed E-state index contributed by atoms with van der Waals surface area (Å²) in [4.78, 5) is 27.7. The van der Waals surface area contributed by atoms with Gasteiger partial charge in [-0.15, -0.1) is 0 Å². The van der Waals surface area contributed by atoms with Crippen molar-refractivity contribution in [1.82, 2.24) is 10.2 Å². The third-order valence-electron chi connectivity index (χ3n) is 5.51. The van der Waals surface area contributed by atoms with Gasteiger partial charge in [-0.3, -0.25) is 13.9 Å². The largest absolute Gasteiger partial charge is 0.352 e. The average Bonchev–Trinajstić information content (AvgIpc) is 2.77. The highest BCUT2D eigenvalue weighted by molar-refractivity contribution is 7.92. The molecule has 1 N–H and O–H groups in total. The van der Waals surface area contributed by atoms with Gasteiger partial charge >= 0.3 is 0 Å². The molecule has 0 heterocycles. The molecular weight excluding hydrogens is 497 g/mol. The van der Waals surface area contributed by atoms with Crippen molar-refractivity contribution in [2.75, 3.05) is 23.7 Å². The number of hydrogen-bond donors (Lipinski definition) is 1. The van der Waals surface area contributed by atoms with E-state index in [9.17, 15) is 18.0 Å². The Morgan fingerprint density at radius 2 is 1.71 bits per heavy atom. The zero-order chi connectivity index (χ0) is 25.5. The summed E-state index contributed by atoms with van der Waals surface area (Å²) >= 11 is 12.2. The number of benzene rings is 2. The van der Waals surface area contributed by atoms with E-state index in [1.807, 2.05) is 44.2 Å². The van der Waals surface area contributed by atoms with Crippen LogP contribution >= 0.6 is 23.2 Å². The Hall–Kier alpha value is -2.29. The van der Waals surface area contributed by atoms with E-state index in [0.29, 0.717) is 11.4 Å². The van der Waals surface area contributed by atoms with Gasteiger partial charge in [-0.2, -0.15) is 0 Å². The molecule has 7 nitrogen and oxygen atoms in total. The van der Waals surface area contributed by atoms with Crippen molar-refractivity contribution in [1.29, 1.82) is 0 Å². The van der Waals surface area contributed by atoms with E-state index >= 15 is 0 Å². The van der Waals surface area contributed by atoms with E-state index in [4.69, 9.17) is 23.2 Å². The predicted molar refractivity (Wildman–Crippen MR) is 138 cm³/mol. The molecule has 0 spiro atoms. The second-order valence-electron chi connectivity index (χ2n) is 8.18. The fourth-order valence-corrected chi connectivity index (χ4v) is 4.74. The van der Waals surface area contributed by atoms with E-state index in [1.54, 1.807) is 6.92 Å². The third-order valence-corrected chi connectivity index (χ3v) is 7.17. The minimum absolute atomic E-state index is 0.0542. The predicted octanol–water partition coefficient (Wildman–Crippen LogP) is 4.13. The van der Waals surface area contributed by atoms with Crippen molar-refractivity contribution in [3.63, 3.8) is 0 Å². The van der Waals surface area contributed by atoms with Crippen LogP contribution in [0.4, 0.5) is 5.69 Å². The first-order chi connectivity index (χ1) is 15.9. The highest BCUT2D eigenvalue weighted by Crippen LogP contribution is 2.30. The number of amides is 2. The number of nitrogens with one attached hydrogen (secondary N) is 1. The first kappa shape index (κ1) is 28.0. The molecule has 0 aliphatic rings. The lowest BCUT2D eigenvalue weighted by Gasteiger charge is -2.32. The van der Waals surface area contributed by atoms with Gasteiger partial charge in [0.05, 0.1) is 17.0 Å². The molecule has 34 heavy (non-hydrogen) atoms. The SMILES string of the molecule is CCC(C)NC(=O)C(C)N(CCc1ccccc1)C(=O)CN(c1ccc(Cl)cc1Cl)S(C)(=O)=O. The molecule has 0 aromatic heterocycles. The molecule has 0 bridgehead atoms. The van der Waals surface area contributed by atoms with Gasteiger partial charge < -0.3 is 10.2 Å².